The smallest absolute Gasteiger partial charge is 0.253 e. The average Bonchev–Trinajstić information content (AvgIpc) is 3.16. The van der Waals surface area contributed by atoms with Crippen LogP contribution < -0.4 is 0 Å². The summed E-state index contributed by atoms with van der Waals surface area (Å²) in [6.45, 7) is 13.9. The molecular weight excluding hydrogens is 312 g/mol. The maximum absolute atomic E-state index is 12.1. The maximum Gasteiger partial charge on any atom is 0.253 e. The number of likely N-dealkylation sites (tertiary alicyclic amines) is 1. The van der Waals surface area contributed by atoms with Crippen LogP contribution in [-0.2, 0) is 4.79 Å². The molecule has 0 radical (unpaired) electrons. The highest BCUT2D eigenvalue weighted by atomic mass is 16.3. The zero-order valence-corrected chi connectivity index (χ0v) is 16.9. The minimum atomic E-state index is 0.234. The Balaban J connectivity index is 0.000000481. The Labute approximate surface area is 154 Å². The number of hydrogen-bond donors (Lipinski definition) is 0. The van der Waals surface area contributed by atoms with E-state index in [2.05, 4.69) is 24.1 Å². The van der Waals surface area contributed by atoms with Crippen LogP contribution in [0.1, 0.15) is 66.2 Å². The lowest BCUT2D eigenvalue weighted by Crippen LogP contribution is -2.36. The summed E-state index contributed by atoms with van der Waals surface area (Å²) < 4.78 is 4.72. The fourth-order valence-corrected chi connectivity index (χ4v) is 2.56. The molecule has 1 aromatic rings. The average molecular weight is 349 g/mol. The molecule has 1 amide bonds. The third-order valence-corrected chi connectivity index (χ3v) is 3.72. The van der Waals surface area contributed by atoms with Crippen molar-refractivity contribution in [3.63, 3.8) is 0 Å². The van der Waals surface area contributed by atoms with Crippen molar-refractivity contribution >= 4 is 5.91 Å². The van der Waals surface area contributed by atoms with E-state index in [-0.39, 0.29) is 5.91 Å². The van der Waals surface area contributed by atoms with Crippen LogP contribution in [0.25, 0.3) is 0 Å². The number of carbonyl (C=O) groups excluding carboxylic acids is 1. The van der Waals surface area contributed by atoms with Crippen LogP contribution in [0.15, 0.2) is 40.7 Å². The van der Waals surface area contributed by atoms with Crippen LogP contribution in [0.2, 0.25) is 0 Å². The van der Waals surface area contributed by atoms with Crippen LogP contribution in [0.5, 0.6) is 0 Å². The number of allylic oxidation sites excluding steroid dienone is 2. The van der Waals surface area contributed by atoms with Gasteiger partial charge in [0.2, 0.25) is 0 Å². The Morgan fingerprint density at radius 1 is 1.16 bits per heavy atom. The lowest BCUT2D eigenvalue weighted by Gasteiger charge is -2.28. The van der Waals surface area contributed by atoms with Gasteiger partial charge in [-0.05, 0) is 31.6 Å². The van der Waals surface area contributed by atoms with Crippen LogP contribution in [0.3, 0.4) is 0 Å². The number of nitrogens with zero attached hydrogens (tertiary/aromatic N) is 2. The molecule has 142 valence electrons. The molecule has 2 aliphatic rings. The Bertz CT molecular complexity index is 498. The third-order valence-electron chi connectivity index (χ3n) is 3.72. The van der Waals surface area contributed by atoms with Gasteiger partial charge in [0.25, 0.3) is 5.91 Å². The Hall–Kier alpha value is -1.84. The molecule has 0 bridgehead atoms. The third kappa shape index (κ3) is 9.28. The molecule has 3 rings (SSSR count). The molecule has 0 aromatic carbocycles. The first-order chi connectivity index (χ1) is 12.2. The molecule has 25 heavy (non-hydrogen) atoms. The summed E-state index contributed by atoms with van der Waals surface area (Å²) in [6, 6.07) is 0. The molecular formula is C21H36N2O2. The van der Waals surface area contributed by atoms with E-state index in [0.29, 0.717) is 5.92 Å². The van der Waals surface area contributed by atoms with Crippen molar-refractivity contribution in [3.8, 4) is 0 Å². The van der Waals surface area contributed by atoms with E-state index < -0.39 is 0 Å². The Kier molecular flexibility index (Phi) is 13.4. The summed E-state index contributed by atoms with van der Waals surface area (Å²) >= 11 is 0. The number of oxazole rings is 1. The van der Waals surface area contributed by atoms with Gasteiger partial charge in [-0.25, -0.2) is 4.98 Å². The minimum absolute atomic E-state index is 0.234. The lowest BCUT2D eigenvalue weighted by atomic mass is 9.97. The molecule has 0 saturated carbocycles. The lowest BCUT2D eigenvalue weighted by molar-refractivity contribution is -0.127. The van der Waals surface area contributed by atoms with Gasteiger partial charge in [0.1, 0.15) is 6.26 Å². The second kappa shape index (κ2) is 14.5. The van der Waals surface area contributed by atoms with Gasteiger partial charge in [-0.15, -0.1) is 0 Å². The van der Waals surface area contributed by atoms with Gasteiger partial charge in [0.15, 0.2) is 5.89 Å². The van der Waals surface area contributed by atoms with E-state index in [0.717, 1.165) is 43.8 Å². The van der Waals surface area contributed by atoms with Gasteiger partial charge >= 0.3 is 0 Å². The standard InChI is InChI=1S/C13H19NO.C4H5NO.2C2H6/c1-11-6-5-7-12(10-11)13(15)14-8-3-2-4-9-14;1-4-5-2-3-6-4;2*1-2/h5,7,10-11H,2-4,6,8-9H2,1H3;2-3H,1H3;2*1-2H3. The van der Waals surface area contributed by atoms with Crippen LogP contribution >= 0.6 is 0 Å². The topological polar surface area (TPSA) is 46.3 Å². The van der Waals surface area contributed by atoms with E-state index in [4.69, 9.17) is 4.42 Å². The first kappa shape index (κ1) is 23.2. The number of aromatic nitrogens is 1. The summed E-state index contributed by atoms with van der Waals surface area (Å²) in [7, 11) is 0. The van der Waals surface area contributed by atoms with Crippen molar-refractivity contribution in [3.05, 3.63) is 42.2 Å². The summed E-state index contributed by atoms with van der Waals surface area (Å²) in [5, 5.41) is 0. The predicted octanol–water partition coefficient (Wildman–Crippen LogP) is 5.56. The number of piperidine rings is 1. The molecule has 1 unspecified atom stereocenters. The van der Waals surface area contributed by atoms with Crippen LogP contribution in [0, 0.1) is 12.8 Å². The van der Waals surface area contributed by atoms with Gasteiger partial charge in [0.05, 0.1) is 6.20 Å². The molecule has 4 nitrogen and oxygen atoms in total. The molecule has 1 saturated heterocycles. The fourth-order valence-electron chi connectivity index (χ4n) is 2.56. The maximum atomic E-state index is 12.1. The minimum Gasteiger partial charge on any atom is -0.449 e. The molecule has 1 aromatic heterocycles. The number of rotatable bonds is 1. The number of aryl methyl sites for hydroxylation is 1. The molecule has 0 N–H and O–H groups in total. The second-order valence-electron chi connectivity index (χ2n) is 5.64. The first-order valence-corrected chi connectivity index (χ1v) is 9.70. The second-order valence-corrected chi connectivity index (χ2v) is 5.64. The van der Waals surface area contributed by atoms with Gasteiger partial charge in [0, 0.05) is 25.6 Å². The van der Waals surface area contributed by atoms with Gasteiger partial charge in [-0.1, -0.05) is 52.8 Å². The molecule has 1 fully saturated rings. The highest BCUT2D eigenvalue weighted by molar-refractivity contribution is 5.96. The van der Waals surface area contributed by atoms with E-state index in [1.54, 1.807) is 19.4 Å². The summed E-state index contributed by atoms with van der Waals surface area (Å²) in [6.07, 6.45) is 14.0. The largest absolute Gasteiger partial charge is 0.449 e. The summed E-state index contributed by atoms with van der Waals surface area (Å²) in [5.74, 6) is 1.46. The van der Waals surface area contributed by atoms with Crippen molar-refractivity contribution in [2.75, 3.05) is 13.1 Å². The van der Waals surface area contributed by atoms with E-state index in [9.17, 15) is 4.79 Å². The quantitative estimate of drug-likeness (QED) is 0.668. The zero-order chi connectivity index (χ0) is 19.1. The van der Waals surface area contributed by atoms with Crippen molar-refractivity contribution in [2.45, 2.75) is 67.2 Å². The molecule has 2 heterocycles. The predicted molar refractivity (Wildman–Crippen MR) is 105 cm³/mol. The van der Waals surface area contributed by atoms with Gasteiger partial charge < -0.3 is 9.32 Å². The first-order valence-electron chi connectivity index (χ1n) is 9.70. The highest BCUT2D eigenvalue weighted by Crippen LogP contribution is 2.19. The monoisotopic (exact) mass is 348 g/mol. The van der Waals surface area contributed by atoms with Crippen molar-refractivity contribution in [1.29, 1.82) is 0 Å². The van der Waals surface area contributed by atoms with Crippen molar-refractivity contribution in [1.82, 2.24) is 9.88 Å². The molecule has 1 aliphatic heterocycles. The van der Waals surface area contributed by atoms with Crippen molar-refractivity contribution < 1.29 is 9.21 Å². The SMILES string of the molecule is CC.CC.CC1C=C(C(=O)N2CCCCC2)C=CC1.Cc1ncco1. The fraction of sp³-hybridized carbons (Fsp3) is 0.619. The normalized spacial score (nSPS) is 18.4. The molecule has 1 aliphatic carbocycles. The Morgan fingerprint density at radius 2 is 1.80 bits per heavy atom. The van der Waals surface area contributed by atoms with Crippen molar-refractivity contribution in [2.24, 2.45) is 5.92 Å². The zero-order valence-electron chi connectivity index (χ0n) is 16.9. The number of carbonyl (C=O) groups is 1. The number of hydrogen-bond acceptors (Lipinski definition) is 3. The Morgan fingerprint density at radius 3 is 2.24 bits per heavy atom. The van der Waals surface area contributed by atoms with Crippen LogP contribution in [0.4, 0.5) is 0 Å². The highest BCUT2D eigenvalue weighted by Gasteiger charge is 2.20. The van der Waals surface area contributed by atoms with Gasteiger partial charge in [-0.2, -0.15) is 0 Å². The molecule has 0 spiro atoms. The number of amides is 1. The van der Waals surface area contributed by atoms with E-state index in [1.165, 1.54) is 6.42 Å². The molecule has 4 heteroatoms. The van der Waals surface area contributed by atoms with E-state index in [1.807, 2.05) is 38.7 Å². The van der Waals surface area contributed by atoms with Gasteiger partial charge in [-0.3, -0.25) is 4.79 Å². The summed E-state index contributed by atoms with van der Waals surface area (Å²) in [5.41, 5.74) is 0.899. The van der Waals surface area contributed by atoms with E-state index >= 15 is 0 Å². The summed E-state index contributed by atoms with van der Waals surface area (Å²) in [4.78, 5) is 17.9. The van der Waals surface area contributed by atoms with Crippen LogP contribution in [-0.4, -0.2) is 28.9 Å². The molecule has 1 atom stereocenters.